The van der Waals surface area contributed by atoms with Crippen molar-refractivity contribution in [2.24, 2.45) is 5.11 Å². The third-order valence-electron chi connectivity index (χ3n) is 9.26. The maximum Gasteiger partial charge on any atom is 0.326 e. The van der Waals surface area contributed by atoms with Crippen LogP contribution in [-0.2, 0) is 38.4 Å². The number of rotatable bonds is 33. The van der Waals surface area contributed by atoms with Crippen LogP contribution in [0.15, 0.2) is 29.4 Å². The summed E-state index contributed by atoms with van der Waals surface area (Å²) in [6.07, 6.45) is -1.27. The monoisotopic (exact) mass is 922 g/mol. The van der Waals surface area contributed by atoms with Gasteiger partial charge in [-0.15, -0.1) is 0 Å². The molecule has 0 spiro atoms. The molecular formula is C38H54N10O17. The Hall–Kier alpha value is -7.70. The minimum atomic E-state index is -1.57. The lowest BCUT2D eigenvalue weighted by atomic mass is 10.0. The van der Waals surface area contributed by atoms with E-state index >= 15 is 0 Å². The number of benzene rings is 1. The minimum absolute atomic E-state index is 0.0789. The average molecular weight is 923 g/mol. The van der Waals surface area contributed by atoms with Crippen molar-refractivity contribution in [1.29, 1.82) is 0 Å². The molecule has 65 heavy (non-hydrogen) atoms. The number of unbranched alkanes of at least 4 members (excludes halogenated alkanes) is 2. The smallest absolute Gasteiger partial charge is 0.326 e. The molecule has 358 valence electrons. The first kappa shape index (κ1) is 55.3. The number of amides is 7. The van der Waals surface area contributed by atoms with Crippen molar-refractivity contribution in [3.63, 3.8) is 0 Å². The fourth-order valence-electron chi connectivity index (χ4n) is 5.76. The van der Waals surface area contributed by atoms with Crippen LogP contribution in [0.1, 0.15) is 100 Å². The predicted octanol–water partition coefficient (Wildman–Crippen LogP) is 1.00. The zero-order chi connectivity index (χ0) is 48.9. The molecule has 0 aromatic heterocycles. The standard InChI is InChI=1S/C38H54N10O17/c39-48-47-23-9-7-21(8-10-23)32(55)42-22(11-15-28(49)40-19-3-1-5-24(33(56)57)43-37(64)45-26(35(60)61)13-17-30(51)52)12-16-29(50)41-20-4-2-6-25(34(58)59)44-38(65)46-27(36(62)63)14-18-31(53)54/h7-10,22,24-27H,1-6,11-20H2,(H,40,49)(H,41,50)(H,42,55)(H,51,52)(H,53,54)(H,56,57)(H,58,59)(H,60,61)(H,62,63)(H2,43,45,64)(H2,44,46,65)/t22?,24-,25-,26-,27?/m0/s1. The van der Waals surface area contributed by atoms with E-state index in [0.29, 0.717) is 0 Å². The number of hydrogen-bond donors (Lipinski definition) is 13. The Balaban J connectivity index is 2.70. The van der Waals surface area contributed by atoms with Crippen LogP contribution < -0.4 is 37.2 Å². The molecule has 0 bridgehead atoms. The Labute approximate surface area is 370 Å². The average Bonchev–Trinajstić information content (AvgIpc) is 3.23. The first-order valence-corrected chi connectivity index (χ1v) is 20.2. The fraction of sp³-hybridized carbons (Fsp3) is 0.553. The van der Waals surface area contributed by atoms with E-state index < -0.39 is 121 Å². The quantitative estimate of drug-likeness (QED) is 0.0202. The van der Waals surface area contributed by atoms with E-state index in [1.165, 1.54) is 24.3 Å². The summed E-state index contributed by atoms with van der Waals surface area (Å²) < 4.78 is 0. The summed E-state index contributed by atoms with van der Waals surface area (Å²) in [6, 6.07) is -3.29. The van der Waals surface area contributed by atoms with Crippen molar-refractivity contribution in [3.8, 4) is 0 Å². The fourth-order valence-corrected chi connectivity index (χ4v) is 5.76. The predicted molar refractivity (Wildman–Crippen MR) is 221 cm³/mol. The highest BCUT2D eigenvalue weighted by molar-refractivity contribution is 5.95. The third kappa shape index (κ3) is 25.1. The second-order valence-electron chi connectivity index (χ2n) is 14.3. The lowest BCUT2D eigenvalue weighted by Crippen LogP contribution is -2.51. The van der Waals surface area contributed by atoms with Crippen molar-refractivity contribution in [3.05, 3.63) is 40.3 Å². The minimum Gasteiger partial charge on any atom is -0.481 e. The van der Waals surface area contributed by atoms with Gasteiger partial charge in [-0.1, -0.05) is 17.2 Å². The van der Waals surface area contributed by atoms with Crippen LogP contribution in [-0.4, -0.2) is 140 Å². The molecule has 1 rings (SSSR count). The van der Waals surface area contributed by atoms with Gasteiger partial charge >= 0.3 is 47.9 Å². The molecule has 5 atom stereocenters. The summed E-state index contributed by atoms with van der Waals surface area (Å²) >= 11 is 0. The number of urea groups is 2. The van der Waals surface area contributed by atoms with E-state index in [1.54, 1.807) is 0 Å². The molecule has 27 nitrogen and oxygen atoms in total. The highest BCUT2D eigenvalue weighted by Gasteiger charge is 2.26. The molecule has 0 aliphatic rings. The molecular weight excluding hydrogens is 868 g/mol. The van der Waals surface area contributed by atoms with E-state index in [-0.39, 0.29) is 88.5 Å². The number of nitrogens with zero attached hydrogens (tertiary/aromatic N) is 3. The number of carbonyl (C=O) groups excluding carboxylic acids is 5. The number of carboxylic acid groups (broad SMARTS) is 6. The van der Waals surface area contributed by atoms with Gasteiger partial charge in [0, 0.05) is 61.0 Å². The molecule has 0 radical (unpaired) electrons. The molecule has 0 saturated heterocycles. The van der Waals surface area contributed by atoms with E-state index in [0.717, 1.165) is 0 Å². The molecule has 1 aromatic rings. The van der Waals surface area contributed by atoms with Crippen LogP contribution in [0.3, 0.4) is 0 Å². The van der Waals surface area contributed by atoms with Crippen molar-refractivity contribution in [2.75, 3.05) is 13.1 Å². The second-order valence-corrected chi connectivity index (χ2v) is 14.3. The molecule has 0 saturated carbocycles. The number of azide groups is 1. The molecule has 0 aliphatic heterocycles. The first-order valence-electron chi connectivity index (χ1n) is 20.2. The summed E-state index contributed by atoms with van der Waals surface area (Å²) in [5.41, 5.74) is 9.09. The number of aliphatic carboxylic acids is 6. The highest BCUT2D eigenvalue weighted by atomic mass is 16.4. The van der Waals surface area contributed by atoms with Crippen LogP contribution in [0.5, 0.6) is 0 Å². The van der Waals surface area contributed by atoms with Gasteiger partial charge in [0.2, 0.25) is 11.8 Å². The maximum atomic E-state index is 13.1. The normalized spacial score (nSPS) is 12.8. The van der Waals surface area contributed by atoms with Crippen molar-refractivity contribution in [2.45, 2.75) is 120 Å². The van der Waals surface area contributed by atoms with Crippen LogP contribution in [0.25, 0.3) is 10.4 Å². The van der Waals surface area contributed by atoms with Crippen LogP contribution in [0.2, 0.25) is 0 Å². The van der Waals surface area contributed by atoms with Gasteiger partial charge in [-0.05, 0) is 81.9 Å². The molecule has 0 aliphatic carbocycles. The van der Waals surface area contributed by atoms with Crippen molar-refractivity contribution in [1.82, 2.24) is 37.2 Å². The van der Waals surface area contributed by atoms with Gasteiger partial charge in [-0.25, -0.2) is 28.8 Å². The topological polar surface area (TPSA) is 442 Å². The Kier molecular flexibility index (Phi) is 25.8. The Morgan fingerprint density at radius 1 is 0.492 bits per heavy atom. The summed E-state index contributed by atoms with van der Waals surface area (Å²) in [7, 11) is 0. The van der Waals surface area contributed by atoms with Gasteiger partial charge < -0.3 is 67.9 Å². The summed E-state index contributed by atoms with van der Waals surface area (Å²) in [6.45, 7) is 0.196. The van der Waals surface area contributed by atoms with Gasteiger partial charge in [0.05, 0.1) is 0 Å². The zero-order valence-corrected chi connectivity index (χ0v) is 35.0. The van der Waals surface area contributed by atoms with Crippen molar-refractivity contribution >= 4 is 71.3 Å². The van der Waals surface area contributed by atoms with Crippen LogP contribution >= 0.6 is 0 Å². The van der Waals surface area contributed by atoms with Crippen molar-refractivity contribution < 1.29 is 83.4 Å². The van der Waals surface area contributed by atoms with E-state index in [2.05, 4.69) is 36.6 Å². The summed E-state index contributed by atoms with van der Waals surface area (Å²) in [5.74, 6) is -9.84. The third-order valence-corrected chi connectivity index (χ3v) is 9.26. The molecule has 1 aromatic carbocycles. The van der Waals surface area contributed by atoms with Crippen LogP contribution in [0.4, 0.5) is 15.3 Å². The molecule has 27 heteroatoms. The lowest BCUT2D eigenvalue weighted by Gasteiger charge is -2.19. The Morgan fingerprint density at radius 3 is 1.20 bits per heavy atom. The van der Waals surface area contributed by atoms with Gasteiger partial charge in [0.15, 0.2) is 0 Å². The van der Waals surface area contributed by atoms with E-state index in [4.69, 9.17) is 15.7 Å². The largest absolute Gasteiger partial charge is 0.481 e. The van der Waals surface area contributed by atoms with Gasteiger partial charge in [0.1, 0.15) is 24.2 Å². The first-order chi connectivity index (χ1) is 30.7. The summed E-state index contributed by atoms with van der Waals surface area (Å²) in [5, 5.41) is 74.8. The SMILES string of the molecule is [N-]=[N+]=Nc1ccc(C(=O)NC(CCC(=O)NCCCC[C@H](NC(=O)NC(CCC(=O)O)C(=O)O)C(=O)O)CCC(=O)NCCCC[C@H](NC(=O)N[C@@H](CCC(=O)O)C(=O)O)C(=O)O)cc1. The number of carbonyl (C=O) groups is 11. The molecule has 0 heterocycles. The molecule has 0 fully saturated rings. The van der Waals surface area contributed by atoms with E-state index in [9.17, 15) is 73.2 Å². The molecule has 13 N–H and O–H groups in total. The lowest BCUT2D eigenvalue weighted by molar-refractivity contribution is -0.142. The maximum absolute atomic E-state index is 13.1. The zero-order valence-electron chi connectivity index (χ0n) is 35.0. The van der Waals surface area contributed by atoms with Gasteiger partial charge in [0.25, 0.3) is 5.91 Å². The number of nitrogens with one attached hydrogen (secondary N) is 7. The second kappa shape index (κ2) is 30.4. The Morgan fingerprint density at radius 2 is 0.862 bits per heavy atom. The highest BCUT2D eigenvalue weighted by Crippen LogP contribution is 2.15. The Bertz CT molecular complexity index is 1800. The number of carboxylic acids is 6. The number of hydrogen-bond acceptors (Lipinski definition) is 12. The van der Waals surface area contributed by atoms with Gasteiger partial charge in [-0.3, -0.25) is 24.0 Å². The van der Waals surface area contributed by atoms with Crippen LogP contribution in [0, 0.1) is 0 Å². The molecule has 2 unspecified atom stereocenters. The molecule has 7 amide bonds. The van der Waals surface area contributed by atoms with E-state index in [1.807, 2.05) is 10.6 Å². The summed E-state index contributed by atoms with van der Waals surface area (Å²) in [4.78, 5) is 133. The van der Waals surface area contributed by atoms with Gasteiger partial charge in [-0.2, -0.15) is 0 Å².